The van der Waals surface area contributed by atoms with Gasteiger partial charge in [-0.25, -0.2) is 4.98 Å². The van der Waals surface area contributed by atoms with Crippen LogP contribution in [0.25, 0.3) is 16.8 Å². The van der Waals surface area contributed by atoms with Crippen molar-refractivity contribution in [1.82, 2.24) is 14.4 Å². The lowest BCUT2D eigenvalue weighted by Crippen LogP contribution is -2.01. The smallest absolute Gasteiger partial charge is 0.136 e. The van der Waals surface area contributed by atoms with E-state index >= 15 is 0 Å². The Bertz CT molecular complexity index is 914. The lowest BCUT2D eigenvalue weighted by Gasteiger charge is -2.09. The van der Waals surface area contributed by atoms with Gasteiger partial charge in [0, 0.05) is 24.8 Å². The van der Waals surface area contributed by atoms with E-state index in [-0.39, 0.29) is 0 Å². The molecule has 23 heavy (non-hydrogen) atoms. The van der Waals surface area contributed by atoms with E-state index in [1.807, 2.05) is 71.4 Å². The number of pyridine rings is 2. The average molecular weight is 301 g/mol. The number of nitrogens with zero attached hydrogens (tertiary/aromatic N) is 3. The van der Waals surface area contributed by atoms with Crippen LogP contribution >= 0.6 is 0 Å². The number of hydrogen-bond acceptors (Lipinski definition) is 3. The molecular formula is C19H15N3O. The highest BCUT2D eigenvalue weighted by atomic mass is 16.5. The van der Waals surface area contributed by atoms with Gasteiger partial charge in [-0.15, -0.1) is 0 Å². The maximum Gasteiger partial charge on any atom is 0.136 e. The topological polar surface area (TPSA) is 39.4 Å². The molecule has 3 aromatic heterocycles. The summed E-state index contributed by atoms with van der Waals surface area (Å²) in [4.78, 5) is 8.42. The van der Waals surface area contributed by atoms with Gasteiger partial charge < -0.3 is 9.14 Å². The van der Waals surface area contributed by atoms with Gasteiger partial charge in [-0.1, -0.05) is 24.3 Å². The van der Waals surface area contributed by atoms with Crippen molar-refractivity contribution in [1.29, 1.82) is 0 Å². The maximum atomic E-state index is 5.90. The van der Waals surface area contributed by atoms with Crippen LogP contribution in [0.2, 0.25) is 0 Å². The summed E-state index contributed by atoms with van der Waals surface area (Å²) in [5, 5.41) is 0. The quantitative estimate of drug-likeness (QED) is 0.572. The molecule has 1 aromatic carbocycles. The van der Waals surface area contributed by atoms with Gasteiger partial charge in [0.2, 0.25) is 0 Å². The molecule has 0 bridgehead atoms. The first-order valence-electron chi connectivity index (χ1n) is 7.44. The third kappa shape index (κ3) is 2.79. The zero-order valence-electron chi connectivity index (χ0n) is 12.5. The van der Waals surface area contributed by atoms with Crippen LogP contribution in [0.4, 0.5) is 0 Å². The molecule has 4 heteroatoms. The van der Waals surface area contributed by atoms with Crippen molar-refractivity contribution in [2.75, 3.05) is 0 Å². The predicted molar refractivity (Wildman–Crippen MR) is 89.2 cm³/mol. The van der Waals surface area contributed by atoms with Crippen LogP contribution in [0.5, 0.6) is 5.75 Å². The van der Waals surface area contributed by atoms with E-state index in [0.29, 0.717) is 6.61 Å². The Labute approximate surface area is 134 Å². The van der Waals surface area contributed by atoms with Crippen LogP contribution in [0, 0.1) is 0 Å². The lowest BCUT2D eigenvalue weighted by atomic mass is 10.1. The van der Waals surface area contributed by atoms with E-state index in [9.17, 15) is 0 Å². The fourth-order valence-electron chi connectivity index (χ4n) is 2.56. The highest BCUT2D eigenvalue weighted by Crippen LogP contribution is 2.22. The summed E-state index contributed by atoms with van der Waals surface area (Å²) in [6.45, 7) is 0.500. The fraction of sp³-hybridized carbons (Fsp3) is 0.0526. The van der Waals surface area contributed by atoms with Crippen molar-refractivity contribution in [3.8, 4) is 16.9 Å². The van der Waals surface area contributed by atoms with E-state index in [1.165, 1.54) is 0 Å². The van der Waals surface area contributed by atoms with Gasteiger partial charge in [0.05, 0.1) is 5.69 Å². The molecule has 0 spiro atoms. The van der Waals surface area contributed by atoms with Crippen molar-refractivity contribution in [2.24, 2.45) is 0 Å². The zero-order chi connectivity index (χ0) is 15.5. The third-order valence-electron chi connectivity index (χ3n) is 3.75. The van der Waals surface area contributed by atoms with Gasteiger partial charge in [0.15, 0.2) is 0 Å². The van der Waals surface area contributed by atoms with Gasteiger partial charge >= 0.3 is 0 Å². The number of aromatic nitrogens is 3. The lowest BCUT2D eigenvalue weighted by molar-refractivity contribution is 0.300. The summed E-state index contributed by atoms with van der Waals surface area (Å²) in [6.07, 6.45) is 7.37. The van der Waals surface area contributed by atoms with Crippen molar-refractivity contribution >= 4 is 5.65 Å². The summed E-state index contributed by atoms with van der Waals surface area (Å²) in [5.41, 5.74) is 4.22. The molecule has 4 nitrogen and oxygen atoms in total. The molecule has 0 aliphatic rings. The summed E-state index contributed by atoms with van der Waals surface area (Å²) in [7, 11) is 0. The van der Waals surface area contributed by atoms with Gasteiger partial charge in [0.1, 0.15) is 18.0 Å². The molecule has 0 fully saturated rings. The Morgan fingerprint density at radius 1 is 0.870 bits per heavy atom. The standard InChI is InChI=1S/C19H15N3O/c1-4-17(22-12-11-21-19(22)5-1)14-23-18-8-6-15(7-9-18)16-3-2-10-20-13-16/h1-13H,14H2. The second-order valence-corrected chi connectivity index (χ2v) is 5.23. The van der Waals surface area contributed by atoms with Gasteiger partial charge in [-0.3, -0.25) is 4.98 Å². The van der Waals surface area contributed by atoms with Gasteiger partial charge in [-0.05, 0) is 41.5 Å². The highest BCUT2D eigenvalue weighted by molar-refractivity contribution is 5.62. The minimum atomic E-state index is 0.500. The average Bonchev–Trinajstić information content (AvgIpc) is 3.10. The number of imidazole rings is 1. The van der Waals surface area contributed by atoms with Crippen molar-refractivity contribution in [3.05, 3.63) is 85.1 Å². The van der Waals surface area contributed by atoms with Crippen LogP contribution in [0.3, 0.4) is 0 Å². The molecule has 0 aliphatic heterocycles. The summed E-state index contributed by atoms with van der Waals surface area (Å²) >= 11 is 0. The molecule has 0 aliphatic carbocycles. The highest BCUT2D eigenvalue weighted by Gasteiger charge is 2.03. The Morgan fingerprint density at radius 3 is 2.61 bits per heavy atom. The fourth-order valence-corrected chi connectivity index (χ4v) is 2.56. The number of benzene rings is 1. The van der Waals surface area contributed by atoms with Crippen LogP contribution in [0.15, 0.2) is 79.4 Å². The number of rotatable bonds is 4. The van der Waals surface area contributed by atoms with Crippen LogP contribution < -0.4 is 4.74 Å². The molecular weight excluding hydrogens is 286 g/mol. The molecule has 112 valence electrons. The minimum absolute atomic E-state index is 0.500. The zero-order valence-corrected chi connectivity index (χ0v) is 12.5. The molecule has 0 amide bonds. The van der Waals surface area contributed by atoms with Gasteiger partial charge in [0.25, 0.3) is 0 Å². The first-order valence-corrected chi connectivity index (χ1v) is 7.44. The maximum absolute atomic E-state index is 5.90. The van der Waals surface area contributed by atoms with E-state index < -0.39 is 0 Å². The Hall–Kier alpha value is -3.14. The van der Waals surface area contributed by atoms with Crippen LogP contribution in [0.1, 0.15) is 5.69 Å². The largest absolute Gasteiger partial charge is 0.487 e. The Balaban J connectivity index is 1.50. The van der Waals surface area contributed by atoms with Crippen molar-refractivity contribution < 1.29 is 4.74 Å². The molecule has 3 heterocycles. The molecule has 0 saturated carbocycles. The summed E-state index contributed by atoms with van der Waals surface area (Å²) in [5.74, 6) is 0.842. The second-order valence-electron chi connectivity index (χ2n) is 5.23. The van der Waals surface area contributed by atoms with E-state index in [1.54, 1.807) is 12.4 Å². The summed E-state index contributed by atoms with van der Waals surface area (Å²) in [6, 6.07) is 18.0. The van der Waals surface area contributed by atoms with Crippen LogP contribution in [-0.2, 0) is 6.61 Å². The third-order valence-corrected chi connectivity index (χ3v) is 3.75. The minimum Gasteiger partial charge on any atom is -0.487 e. The molecule has 4 rings (SSSR count). The predicted octanol–water partition coefficient (Wildman–Crippen LogP) is 3.98. The van der Waals surface area contributed by atoms with E-state index in [0.717, 1.165) is 28.2 Å². The molecule has 0 radical (unpaired) electrons. The van der Waals surface area contributed by atoms with E-state index in [2.05, 4.69) is 9.97 Å². The second kappa shape index (κ2) is 5.93. The van der Waals surface area contributed by atoms with E-state index in [4.69, 9.17) is 4.74 Å². The molecule has 0 atom stereocenters. The van der Waals surface area contributed by atoms with Gasteiger partial charge in [-0.2, -0.15) is 0 Å². The Kier molecular flexibility index (Phi) is 3.48. The monoisotopic (exact) mass is 301 g/mol. The SMILES string of the molecule is c1cncc(-c2ccc(OCc3cccc4nccn34)cc2)c1. The van der Waals surface area contributed by atoms with Crippen molar-refractivity contribution in [3.63, 3.8) is 0 Å². The number of hydrogen-bond donors (Lipinski definition) is 0. The molecule has 0 unspecified atom stereocenters. The number of ether oxygens (including phenoxy) is 1. The first kappa shape index (κ1) is 13.5. The first-order chi connectivity index (χ1) is 11.4. The molecule has 0 N–H and O–H groups in total. The van der Waals surface area contributed by atoms with Crippen LogP contribution in [-0.4, -0.2) is 14.4 Å². The van der Waals surface area contributed by atoms with Crippen molar-refractivity contribution in [2.45, 2.75) is 6.61 Å². The number of fused-ring (bicyclic) bond motifs is 1. The molecule has 0 saturated heterocycles. The summed E-state index contributed by atoms with van der Waals surface area (Å²) < 4.78 is 7.93. The Morgan fingerprint density at radius 2 is 1.78 bits per heavy atom. The molecule has 4 aromatic rings. The normalized spacial score (nSPS) is 10.8.